The van der Waals surface area contributed by atoms with Gasteiger partial charge in [0.15, 0.2) is 0 Å². The van der Waals surface area contributed by atoms with Crippen LogP contribution in [-0.2, 0) is 0 Å². The van der Waals surface area contributed by atoms with Gasteiger partial charge in [-0.1, -0.05) is 20.3 Å². The highest BCUT2D eigenvalue weighted by atomic mass is 15.1. The molecule has 6 fully saturated rings. The SMILES string of the molecule is CCC1(C)CC2CC(C2)NC2(CC2)CC23CC2(CC(NC)C1)C3. The van der Waals surface area contributed by atoms with Crippen LogP contribution in [0.1, 0.15) is 84.5 Å². The van der Waals surface area contributed by atoms with Gasteiger partial charge in [-0.25, -0.2) is 0 Å². The fourth-order valence-corrected chi connectivity index (χ4v) is 6.86. The average molecular weight is 317 g/mol. The molecule has 0 radical (unpaired) electrons. The summed E-state index contributed by atoms with van der Waals surface area (Å²) >= 11 is 0. The normalized spacial score (nSPS) is 56.2. The van der Waals surface area contributed by atoms with Gasteiger partial charge >= 0.3 is 0 Å². The van der Waals surface area contributed by atoms with Crippen LogP contribution in [0.25, 0.3) is 0 Å². The van der Waals surface area contributed by atoms with Crippen molar-refractivity contribution in [2.75, 3.05) is 7.05 Å². The number of rotatable bonds is 2. The fraction of sp³-hybridized carbons (Fsp3) is 1.00. The maximum Gasteiger partial charge on any atom is 0.0191 e. The molecule has 0 amide bonds. The predicted molar refractivity (Wildman–Crippen MR) is 95.4 cm³/mol. The molecule has 2 heteroatoms. The van der Waals surface area contributed by atoms with Crippen molar-refractivity contribution in [1.29, 1.82) is 0 Å². The third-order valence-corrected chi connectivity index (χ3v) is 8.92. The van der Waals surface area contributed by atoms with Crippen molar-refractivity contribution in [3.8, 4) is 0 Å². The maximum absolute atomic E-state index is 4.13. The smallest absolute Gasteiger partial charge is 0.0191 e. The van der Waals surface area contributed by atoms with Crippen LogP contribution in [0.4, 0.5) is 0 Å². The lowest BCUT2D eigenvalue weighted by Crippen LogP contribution is -2.49. The highest BCUT2D eigenvalue weighted by molar-refractivity contribution is 5.34. The van der Waals surface area contributed by atoms with Gasteiger partial charge in [-0.3, -0.25) is 0 Å². The molecular formula is C21H36N2. The largest absolute Gasteiger partial charge is 0.317 e. The molecule has 2 atom stereocenters. The van der Waals surface area contributed by atoms with Crippen LogP contribution >= 0.6 is 0 Å². The lowest BCUT2D eigenvalue weighted by molar-refractivity contribution is 0.107. The summed E-state index contributed by atoms with van der Waals surface area (Å²) < 4.78 is 0. The molecule has 6 rings (SSSR count). The second-order valence-corrected chi connectivity index (χ2v) is 10.8. The zero-order valence-electron chi connectivity index (χ0n) is 15.5. The molecule has 4 aliphatic carbocycles. The van der Waals surface area contributed by atoms with Crippen LogP contribution in [0.3, 0.4) is 0 Å². The molecular weight excluding hydrogens is 280 g/mol. The number of fused-ring (bicyclic) bond motifs is 4. The molecule has 0 aromatic rings. The maximum atomic E-state index is 4.13. The third-order valence-electron chi connectivity index (χ3n) is 8.92. The van der Waals surface area contributed by atoms with Crippen LogP contribution in [-0.4, -0.2) is 24.7 Å². The van der Waals surface area contributed by atoms with Gasteiger partial charge in [0.1, 0.15) is 0 Å². The fourth-order valence-electron chi connectivity index (χ4n) is 6.86. The summed E-state index contributed by atoms with van der Waals surface area (Å²) in [7, 11) is 2.21. The topological polar surface area (TPSA) is 24.1 Å². The van der Waals surface area contributed by atoms with Crippen molar-refractivity contribution in [1.82, 2.24) is 10.6 Å². The Bertz CT molecular complexity index is 496. The molecule has 0 aromatic heterocycles. The first-order valence-electron chi connectivity index (χ1n) is 10.4. The zero-order chi connectivity index (χ0) is 15.9. The Labute approximate surface area is 142 Å². The van der Waals surface area contributed by atoms with E-state index in [1.54, 1.807) is 12.8 Å². The molecule has 4 saturated carbocycles. The van der Waals surface area contributed by atoms with E-state index in [-0.39, 0.29) is 0 Å². The van der Waals surface area contributed by atoms with Gasteiger partial charge in [0.05, 0.1) is 0 Å². The Balaban J connectivity index is 1.37. The van der Waals surface area contributed by atoms with Crippen molar-refractivity contribution in [2.45, 2.75) is 102 Å². The van der Waals surface area contributed by atoms with Gasteiger partial charge in [-0.2, -0.15) is 0 Å². The Morgan fingerprint density at radius 2 is 1.74 bits per heavy atom. The highest BCUT2D eigenvalue weighted by Gasteiger charge is 2.83. The van der Waals surface area contributed by atoms with Crippen molar-refractivity contribution in [3.05, 3.63) is 0 Å². The summed E-state index contributed by atoms with van der Waals surface area (Å²) in [5, 5.41) is 7.85. The molecule has 1 spiro atoms. The average Bonchev–Trinajstić information content (AvgIpc) is 3.38. The van der Waals surface area contributed by atoms with E-state index >= 15 is 0 Å². The minimum absolute atomic E-state index is 0.553. The molecule has 2 bridgehead atoms. The molecule has 2 aliphatic heterocycles. The summed E-state index contributed by atoms with van der Waals surface area (Å²) in [5.41, 5.74) is 2.69. The minimum atomic E-state index is 0.553. The van der Waals surface area contributed by atoms with Gasteiger partial charge < -0.3 is 10.6 Å². The number of hydrogen-bond donors (Lipinski definition) is 2. The van der Waals surface area contributed by atoms with Crippen LogP contribution in [0.5, 0.6) is 0 Å². The molecule has 2 unspecified atom stereocenters. The van der Waals surface area contributed by atoms with E-state index in [2.05, 4.69) is 31.5 Å². The highest BCUT2D eigenvalue weighted by Crippen LogP contribution is 2.90. The van der Waals surface area contributed by atoms with E-state index in [0.717, 1.165) is 28.8 Å². The van der Waals surface area contributed by atoms with Crippen LogP contribution in [0.15, 0.2) is 0 Å². The van der Waals surface area contributed by atoms with Crippen LogP contribution in [0.2, 0.25) is 0 Å². The first kappa shape index (κ1) is 15.2. The summed E-state index contributed by atoms with van der Waals surface area (Å²) in [4.78, 5) is 0. The standard InChI is InChI=1S/C21H36N2/c1-4-18(2)9-15-7-16(8-15)23-21(5-6-21)14-20-12-19(20,13-20)11-17(10-18)22-3/h15-17,22-23H,4-14H2,1-3H3. The Morgan fingerprint density at radius 1 is 1.00 bits per heavy atom. The summed E-state index contributed by atoms with van der Waals surface area (Å²) in [5.74, 6) is 0.993. The molecule has 2 saturated heterocycles. The summed E-state index contributed by atoms with van der Waals surface area (Å²) in [6.07, 6.45) is 16.1. The van der Waals surface area contributed by atoms with Gasteiger partial charge in [-0.05, 0) is 93.4 Å². The van der Waals surface area contributed by atoms with E-state index in [9.17, 15) is 0 Å². The van der Waals surface area contributed by atoms with Gasteiger partial charge in [0, 0.05) is 17.6 Å². The molecule has 6 aliphatic rings. The van der Waals surface area contributed by atoms with Gasteiger partial charge in [-0.15, -0.1) is 0 Å². The summed E-state index contributed by atoms with van der Waals surface area (Å²) in [6, 6.07) is 1.61. The van der Waals surface area contributed by atoms with Crippen molar-refractivity contribution in [2.24, 2.45) is 22.2 Å². The lowest BCUT2D eigenvalue weighted by atomic mass is 9.66. The van der Waals surface area contributed by atoms with Crippen molar-refractivity contribution in [3.63, 3.8) is 0 Å². The molecule has 2 N–H and O–H groups in total. The van der Waals surface area contributed by atoms with Crippen LogP contribution < -0.4 is 10.6 Å². The number of nitrogens with one attached hydrogen (secondary N) is 2. The minimum Gasteiger partial charge on any atom is -0.317 e. The molecule has 0 aromatic carbocycles. The predicted octanol–water partition coefficient (Wildman–Crippen LogP) is 4.25. The molecule has 23 heavy (non-hydrogen) atoms. The van der Waals surface area contributed by atoms with Gasteiger partial charge in [0.25, 0.3) is 0 Å². The second-order valence-electron chi connectivity index (χ2n) is 10.8. The van der Waals surface area contributed by atoms with E-state index < -0.39 is 0 Å². The number of hydrogen-bond acceptors (Lipinski definition) is 2. The van der Waals surface area contributed by atoms with E-state index in [0.29, 0.717) is 11.0 Å². The van der Waals surface area contributed by atoms with Crippen molar-refractivity contribution < 1.29 is 0 Å². The quantitative estimate of drug-likeness (QED) is 0.796. The lowest BCUT2D eigenvalue weighted by Gasteiger charge is -2.44. The monoisotopic (exact) mass is 316 g/mol. The molecule has 130 valence electrons. The third kappa shape index (κ3) is 2.34. The molecule has 2 nitrogen and oxygen atoms in total. The zero-order valence-corrected chi connectivity index (χ0v) is 15.5. The van der Waals surface area contributed by atoms with E-state index in [1.165, 1.54) is 57.8 Å². The second kappa shape index (κ2) is 4.55. The first-order valence-corrected chi connectivity index (χ1v) is 10.4. The van der Waals surface area contributed by atoms with Crippen LogP contribution in [0, 0.1) is 22.2 Å². The first-order chi connectivity index (χ1) is 10.9. The summed E-state index contributed by atoms with van der Waals surface area (Å²) in [6.45, 7) is 5.00. The molecule has 2 heterocycles. The Morgan fingerprint density at radius 3 is 2.35 bits per heavy atom. The van der Waals surface area contributed by atoms with E-state index in [4.69, 9.17) is 0 Å². The van der Waals surface area contributed by atoms with E-state index in [1.807, 2.05) is 0 Å². The van der Waals surface area contributed by atoms with Crippen molar-refractivity contribution >= 4 is 0 Å². The Hall–Kier alpha value is -0.0800. The van der Waals surface area contributed by atoms with Gasteiger partial charge in [0.2, 0.25) is 0 Å². The Kier molecular flexibility index (Phi) is 3.01.